The van der Waals surface area contributed by atoms with Crippen LogP contribution in [0.25, 0.3) is 0 Å². The Morgan fingerprint density at radius 2 is 1.81 bits per heavy atom. The summed E-state index contributed by atoms with van der Waals surface area (Å²) in [6.45, 7) is 2.14. The fraction of sp³-hybridized carbons (Fsp3) is 0.154. The van der Waals surface area contributed by atoms with Crippen molar-refractivity contribution in [3.05, 3.63) is 111 Å². The van der Waals surface area contributed by atoms with Crippen LogP contribution in [0, 0.1) is 0 Å². The highest BCUT2D eigenvalue weighted by molar-refractivity contribution is 6.35. The number of ether oxygens (including phenoxy) is 2. The van der Waals surface area contributed by atoms with E-state index in [9.17, 15) is 4.79 Å². The van der Waals surface area contributed by atoms with E-state index in [1.165, 1.54) is 0 Å². The van der Waals surface area contributed by atoms with Gasteiger partial charge in [-0.3, -0.25) is 0 Å². The number of esters is 1. The van der Waals surface area contributed by atoms with Crippen LogP contribution in [0.5, 0.6) is 5.75 Å². The molecule has 0 aliphatic carbocycles. The van der Waals surface area contributed by atoms with Crippen LogP contribution >= 0.6 is 23.2 Å². The average Bonchev–Trinajstić information content (AvgIpc) is 3.35. The molecule has 0 bridgehead atoms. The molecule has 0 radical (unpaired) electrons. The molecule has 1 unspecified atom stereocenters. The van der Waals surface area contributed by atoms with E-state index in [-0.39, 0.29) is 13.2 Å². The van der Waals surface area contributed by atoms with Crippen LogP contribution in [-0.4, -0.2) is 26.2 Å². The molecule has 1 aliphatic heterocycles. The van der Waals surface area contributed by atoms with Crippen molar-refractivity contribution in [3.8, 4) is 5.75 Å². The first-order valence-corrected chi connectivity index (χ1v) is 11.9. The number of anilines is 1. The summed E-state index contributed by atoms with van der Waals surface area (Å²) in [6.07, 6.45) is 0. The van der Waals surface area contributed by atoms with Crippen molar-refractivity contribution >= 4 is 35.1 Å². The van der Waals surface area contributed by atoms with Crippen molar-refractivity contribution < 1.29 is 14.3 Å². The molecular formula is C26H21Cl2N5O3. The standard InChI is InChI=1S/C26H21Cl2N5O3/c1-16-23(25(34)36-14-17-7-3-2-4-8-17)24(33-26(29-16)30-31-32-33)20-9-5-6-10-22(20)35-15-18-11-12-19(27)13-21(18)28/h2-13,24H,14-15H2,1H3,(H,29,30,32). The van der Waals surface area contributed by atoms with Gasteiger partial charge in [-0.25, -0.2) is 4.79 Å². The zero-order chi connectivity index (χ0) is 25.1. The van der Waals surface area contributed by atoms with Crippen molar-refractivity contribution in [1.82, 2.24) is 20.2 Å². The maximum absolute atomic E-state index is 13.4. The number of fused-ring (bicyclic) bond motifs is 1. The Hall–Kier alpha value is -3.88. The molecule has 0 amide bonds. The summed E-state index contributed by atoms with van der Waals surface area (Å²) in [5.74, 6) is 0.483. The topological polar surface area (TPSA) is 91.2 Å². The molecule has 0 saturated carbocycles. The van der Waals surface area contributed by atoms with Gasteiger partial charge in [-0.15, -0.1) is 0 Å². The number of carbonyl (C=O) groups excluding carboxylic acids is 1. The number of nitrogens with one attached hydrogen (secondary N) is 1. The molecule has 1 N–H and O–H groups in total. The highest BCUT2D eigenvalue weighted by atomic mass is 35.5. The van der Waals surface area contributed by atoms with Crippen molar-refractivity contribution in [2.24, 2.45) is 0 Å². The van der Waals surface area contributed by atoms with Gasteiger partial charge in [0, 0.05) is 26.9 Å². The van der Waals surface area contributed by atoms with E-state index in [0.717, 1.165) is 11.1 Å². The number of tetrazole rings is 1. The molecule has 10 heteroatoms. The number of benzene rings is 3. The smallest absolute Gasteiger partial charge is 0.338 e. The number of allylic oxidation sites excluding steroid dienone is 1. The number of hydrogen-bond donors (Lipinski definition) is 1. The normalized spacial score (nSPS) is 14.7. The number of hydrogen-bond acceptors (Lipinski definition) is 7. The molecule has 1 aliphatic rings. The van der Waals surface area contributed by atoms with E-state index in [2.05, 4.69) is 20.8 Å². The van der Waals surface area contributed by atoms with Gasteiger partial charge >= 0.3 is 5.97 Å². The Balaban J connectivity index is 1.47. The summed E-state index contributed by atoms with van der Waals surface area (Å²) >= 11 is 12.4. The van der Waals surface area contributed by atoms with Gasteiger partial charge in [0.1, 0.15) is 25.0 Å². The molecule has 182 valence electrons. The summed E-state index contributed by atoms with van der Waals surface area (Å²) in [7, 11) is 0. The van der Waals surface area contributed by atoms with Crippen LogP contribution < -0.4 is 10.1 Å². The number of rotatable bonds is 7. The van der Waals surface area contributed by atoms with Gasteiger partial charge in [0.05, 0.1) is 5.57 Å². The molecule has 1 atom stereocenters. The lowest BCUT2D eigenvalue weighted by Crippen LogP contribution is -2.30. The van der Waals surface area contributed by atoms with Crippen molar-refractivity contribution in [2.75, 3.05) is 5.32 Å². The van der Waals surface area contributed by atoms with Crippen LogP contribution in [0.15, 0.2) is 84.1 Å². The summed E-state index contributed by atoms with van der Waals surface area (Å²) in [6, 6.07) is 21.5. The molecule has 36 heavy (non-hydrogen) atoms. The predicted octanol–water partition coefficient (Wildman–Crippen LogP) is 5.59. The van der Waals surface area contributed by atoms with Crippen LogP contribution in [0.3, 0.4) is 0 Å². The Bertz CT molecular complexity index is 1440. The Morgan fingerprint density at radius 3 is 2.61 bits per heavy atom. The Kier molecular flexibility index (Phi) is 6.88. The number of aromatic nitrogens is 4. The Morgan fingerprint density at radius 1 is 1.03 bits per heavy atom. The monoisotopic (exact) mass is 521 g/mol. The summed E-state index contributed by atoms with van der Waals surface area (Å²) < 4.78 is 13.4. The van der Waals surface area contributed by atoms with Gasteiger partial charge in [0.15, 0.2) is 0 Å². The molecule has 0 spiro atoms. The zero-order valence-electron chi connectivity index (χ0n) is 19.2. The predicted molar refractivity (Wildman–Crippen MR) is 136 cm³/mol. The highest BCUT2D eigenvalue weighted by Gasteiger charge is 2.36. The molecule has 8 nitrogen and oxygen atoms in total. The minimum absolute atomic E-state index is 0.138. The first kappa shape index (κ1) is 23.8. The van der Waals surface area contributed by atoms with Crippen LogP contribution in [-0.2, 0) is 22.7 Å². The van der Waals surface area contributed by atoms with Gasteiger partial charge in [-0.1, -0.05) is 82.9 Å². The maximum atomic E-state index is 13.4. The lowest BCUT2D eigenvalue weighted by Gasteiger charge is -2.28. The molecule has 0 fully saturated rings. The maximum Gasteiger partial charge on any atom is 0.338 e. The van der Waals surface area contributed by atoms with Gasteiger partial charge in [0.2, 0.25) is 5.95 Å². The molecule has 1 aromatic heterocycles. The van der Waals surface area contributed by atoms with Crippen LogP contribution in [0.1, 0.15) is 29.7 Å². The second-order valence-corrected chi connectivity index (χ2v) is 8.98. The Labute approximate surface area is 217 Å². The van der Waals surface area contributed by atoms with E-state index in [0.29, 0.717) is 38.6 Å². The molecule has 0 saturated heterocycles. The lowest BCUT2D eigenvalue weighted by atomic mass is 9.95. The highest BCUT2D eigenvalue weighted by Crippen LogP contribution is 2.39. The molecule has 5 rings (SSSR count). The average molecular weight is 522 g/mol. The van der Waals surface area contributed by atoms with E-state index >= 15 is 0 Å². The van der Waals surface area contributed by atoms with E-state index < -0.39 is 12.0 Å². The van der Waals surface area contributed by atoms with Crippen LogP contribution in [0.4, 0.5) is 5.95 Å². The SMILES string of the molecule is CC1=C(C(=O)OCc2ccccc2)C(c2ccccc2OCc2ccc(Cl)cc2Cl)n2nnnc2N1. The molecule has 3 aromatic carbocycles. The zero-order valence-corrected chi connectivity index (χ0v) is 20.7. The van der Waals surface area contributed by atoms with E-state index in [1.807, 2.05) is 60.7 Å². The number of carbonyl (C=O) groups is 1. The molecule has 2 heterocycles. The quantitative estimate of drug-likeness (QED) is 0.317. The minimum Gasteiger partial charge on any atom is -0.488 e. The second kappa shape index (κ2) is 10.4. The largest absolute Gasteiger partial charge is 0.488 e. The summed E-state index contributed by atoms with van der Waals surface area (Å²) in [4.78, 5) is 13.4. The first-order chi connectivity index (χ1) is 17.5. The third-order valence-corrected chi connectivity index (χ3v) is 6.35. The van der Waals surface area contributed by atoms with Gasteiger partial charge in [-0.2, -0.15) is 4.68 Å². The number of halogens is 2. The number of para-hydroxylation sites is 1. The molecule has 4 aromatic rings. The summed E-state index contributed by atoms with van der Waals surface area (Å²) in [5.41, 5.74) is 3.33. The summed E-state index contributed by atoms with van der Waals surface area (Å²) in [5, 5.41) is 16.1. The van der Waals surface area contributed by atoms with Crippen molar-refractivity contribution in [2.45, 2.75) is 26.2 Å². The van der Waals surface area contributed by atoms with Crippen molar-refractivity contribution in [1.29, 1.82) is 0 Å². The van der Waals surface area contributed by atoms with Gasteiger partial charge < -0.3 is 14.8 Å². The fourth-order valence-electron chi connectivity index (χ4n) is 4.00. The minimum atomic E-state index is -0.670. The second-order valence-electron chi connectivity index (χ2n) is 8.14. The third kappa shape index (κ3) is 4.91. The van der Waals surface area contributed by atoms with E-state index in [4.69, 9.17) is 32.7 Å². The lowest BCUT2D eigenvalue weighted by molar-refractivity contribution is -0.140. The van der Waals surface area contributed by atoms with Gasteiger partial charge in [-0.05, 0) is 41.1 Å². The van der Waals surface area contributed by atoms with Gasteiger partial charge in [0.25, 0.3) is 0 Å². The fourth-order valence-corrected chi connectivity index (χ4v) is 4.46. The molecular weight excluding hydrogens is 501 g/mol. The first-order valence-electron chi connectivity index (χ1n) is 11.1. The van der Waals surface area contributed by atoms with Crippen molar-refractivity contribution in [3.63, 3.8) is 0 Å². The third-order valence-electron chi connectivity index (χ3n) is 5.76. The van der Waals surface area contributed by atoms with E-state index in [1.54, 1.807) is 23.7 Å². The van der Waals surface area contributed by atoms with Crippen LogP contribution in [0.2, 0.25) is 10.0 Å². The number of nitrogens with zero attached hydrogens (tertiary/aromatic N) is 4.